The van der Waals surface area contributed by atoms with E-state index in [9.17, 15) is 14.4 Å². The molecule has 7 atom stereocenters. The Hall–Kier alpha value is -2.97. The van der Waals surface area contributed by atoms with Crippen molar-refractivity contribution in [2.24, 2.45) is 11.8 Å². The molecule has 0 saturated carbocycles. The molecule has 4 aliphatic rings. The van der Waals surface area contributed by atoms with Gasteiger partial charge in [0.2, 0.25) is 5.91 Å². The zero-order valence-corrected chi connectivity index (χ0v) is 26.7. The Morgan fingerprint density at radius 2 is 1.59 bits per heavy atom. The molecule has 1 amide bonds. The van der Waals surface area contributed by atoms with Crippen molar-refractivity contribution in [1.29, 1.82) is 0 Å². The summed E-state index contributed by atoms with van der Waals surface area (Å²) in [6.07, 6.45) is 25.2. The van der Waals surface area contributed by atoms with E-state index in [0.717, 1.165) is 63.6 Å². The predicted molar refractivity (Wildman–Crippen MR) is 170 cm³/mol. The van der Waals surface area contributed by atoms with Crippen LogP contribution in [0.5, 0.6) is 0 Å². The summed E-state index contributed by atoms with van der Waals surface area (Å²) in [5, 5.41) is 0. The van der Waals surface area contributed by atoms with Gasteiger partial charge in [-0.05, 0) is 63.4 Å². The van der Waals surface area contributed by atoms with Gasteiger partial charge in [0.25, 0.3) is 0 Å². The lowest BCUT2D eigenvalue weighted by atomic mass is 9.89. The molecular formula is C36H51NO7. The molecule has 8 nitrogen and oxygen atoms in total. The van der Waals surface area contributed by atoms with Crippen molar-refractivity contribution in [3.63, 3.8) is 0 Å². The average Bonchev–Trinajstić information content (AvgIpc) is 3.54. The number of esters is 2. The molecule has 0 aromatic rings. The van der Waals surface area contributed by atoms with Crippen molar-refractivity contribution >= 4 is 17.8 Å². The zero-order chi connectivity index (χ0) is 31.3. The summed E-state index contributed by atoms with van der Waals surface area (Å²) in [6, 6.07) is 0. The normalized spacial score (nSPS) is 34.1. The van der Waals surface area contributed by atoms with Gasteiger partial charge in [-0.1, -0.05) is 62.0 Å². The predicted octanol–water partition coefficient (Wildman–Crippen LogP) is 6.18. The van der Waals surface area contributed by atoms with E-state index in [1.165, 1.54) is 7.11 Å². The van der Waals surface area contributed by atoms with E-state index in [1.807, 2.05) is 41.4 Å². The second kappa shape index (κ2) is 17.5. The molecule has 8 heteroatoms. The zero-order valence-electron chi connectivity index (χ0n) is 26.7. The molecule has 0 aliphatic carbocycles. The van der Waals surface area contributed by atoms with E-state index >= 15 is 0 Å². The first-order valence-corrected chi connectivity index (χ1v) is 16.5. The number of nitrogens with zero attached hydrogens (tertiary/aromatic N) is 1. The standard InChI is InChI=1S/C36H51NO7/c1-26-16-17-27(2)33(14-7-5-4-6-8-15-34(38)37-18-9-10-19-37)44-36(40)25-32-22-28(23-35(39)41-3)21-31(43-32)24-30-13-11-12-29(20-26)42-30/h4-8,14,16-17,23,26-27,29-33H,9-13,15,18-22,24-25H2,1-3H3/b5-4-,8-6+,14-7+,17-16+,28-23-. The quantitative estimate of drug-likeness (QED) is 0.154. The number of amides is 1. The number of likely N-dealkylation sites (tertiary alicyclic amines) is 1. The molecule has 0 spiro atoms. The molecule has 0 N–H and O–H groups in total. The minimum absolute atomic E-state index is 0.0394. The van der Waals surface area contributed by atoms with Crippen molar-refractivity contribution in [2.75, 3.05) is 20.2 Å². The number of cyclic esters (lactones) is 1. The second-order valence-corrected chi connectivity index (χ2v) is 12.8. The van der Waals surface area contributed by atoms with Crippen LogP contribution in [0.3, 0.4) is 0 Å². The van der Waals surface area contributed by atoms with E-state index in [0.29, 0.717) is 25.2 Å². The van der Waals surface area contributed by atoms with Crippen molar-refractivity contribution in [3.8, 4) is 0 Å². The number of carbonyl (C=O) groups excluding carboxylic acids is 3. The van der Waals surface area contributed by atoms with Crippen LogP contribution in [-0.4, -0.2) is 73.5 Å². The van der Waals surface area contributed by atoms with E-state index in [4.69, 9.17) is 18.9 Å². The van der Waals surface area contributed by atoms with Crippen LogP contribution in [-0.2, 0) is 33.3 Å². The second-order valence-electron chi connectivity index (χ2n) is 12.8. The minimum Gasteiger partial charge on any atom is -0.466 e. The molecule has 3 fully saturated rings. The lowest BCUT2D eigenvalue weighted by molar-refractivity contribution is -0.154. The van der Waals surface area contributed by atoms with E-state index < -0.39 is 6.10 Å². The monoisotopic (exact) mass is 609 g/mol. The largest absolute Gasteiger partial charge is 0.466 e. The molecular weight excluding hydrogens is 558 g/mol. The van der Waals surface area contributed by atoms with Gasteiger partial charge < -0.3 is 23.8 Å². The third-order valence-electron chi connectivity index (χ3n) is 8.93. The maximum atomic E-state index is 13.2. The van der Waals surface area contributed by atoms with Gasteiger partial charge >= 0.3 is 11.9 Å². The lowest BCUT2D eigenvalue weighted by Crippen LogP contribution is -2.37. The summed E-state index contributed by atoms with van der Waals surface area (Å²) in [4.78, 5) is 39.4. The van der Waals surface area contributed by atoms with E-state index in [-0.39, 0.29) is 54.6 Å². The van der Waals surface area contributed by atoms with Gasteiger partial charge in [-0.2, -0.15) is 0 Å². The molecule has 4 rings (SSSR count). The Balaban J connectivity index is 1.44. The molecule has 4 aliphatic heterocycles. The first-order valence-electron chi connectivity index (χ1n) is 16.5. The Labute approximate surface area is 263 Å². The molecule has 0 aromatic carbocycles. The fourth-order valence-electron chi connectivity index (χ4n) is 6.58. The SMILES string of the molecule is COC(=O)/C=C1\CC2CC(=O)OC(/C=C/C=C\C=C\CC(=O)N3CCCC3)C(C)/C=C/C(C)CC3CCCC(CC(C1)O2)O3. The van der Waals surface area contributed by atoms with E-state index in [2.05, 4.69) is 26.0 Å². The van der Waals surface area contributed by atoms with Gasteiger partial charge in [0.05, 0.1) is 37.9 Å². The molecule has 4 heterocycles. The van der Waals surface area contributed by atoms with Crippen LogP contribution in [0.4, 0.5) is 0 Å². The number of hydrogen-bond acceptors (Lipinski definition) is 7. The summed E-state index contributed by atoms with van der Waals surface area (Å²) >= 11 is 0. The molecule has 0 aromatic heterocycles. The Morgan fingerprint density at radius 3 is 2.36 bits per heavy atom. The Bertz CT molecular complexity index is 1120. The molecule has 4 bridgehead atoms. The van der Waals surface area contributed by atoms with Crippen LogP contribution in [0.15, 0.2) is 60.3 Å². The Morgan fingerprint density at radius 1 is 0.886 bits per heavy atom. The van der Waals surface area contributed by atoms with Crippen LogP contribution < -0.4 is 0 Å². The topological polar surface area (TPSA) is 91.4 Å². The third kappa shape index (κ3) is 11.2. The first-order chi connectivity index (χ1) is 21.3. The summed E-state index contributed by atoms with van der Waals surface area (Å²) in [5.41, 5.74) is 0.932. The van der Waals surface area contributed by atoms with Crippen LogP contribution in [0.25, 0.3) is 0 Å². The van der Waals surface area contributed by atoms with Crippen molar-refractivity contribution < 1.29 is 33.3 Å². The molecule has 44 heavy (non-hydrogen) atoms. The average molecular weight is 610 g/mol. The highest BCUT2D eigenvalue weighted by molar-refractivity contribution is 5.82. The molecule has 7 unspecified atom stereocenters. The van der Waals surface area contributed by atoms with Gasteiger partial charge in [-0.25, -0.2) is 4.79 Å². The highest BCUT2D eigenvalue weighted by Gasteiger charge is 2.33. The third-order valence-corrected chi connectivity index (χ3v) is 8.93. The molecule has 3 saturated heterocycles. The number of fused-ring (bicyclic) bond motifs is 4. The maximum absolute atomic E-state index is 13.2. The first kappa shape index (κ1) is 33.9. The number of rotatable bonds is 6. The van der Waals surface area contributed by atoms with Crippen LogP contribution in [0.1, 0.15) is 84.5 Å². The van der Waals surface area contributed by atoms with Crippen molar-refractivity contribution in [2.45, 2.75) is 115 Å². The van der Waals surface area contributed by atoms with Crippen LogP contribution >= 0.6 is 0 Å². The van der Waals surface area contributed by atoms with Gasteiger partial charge in [0.1, 0.15) is 6.10 Å². The minimum atomic E-state index is -0.455. The smallest absolute Gasteiger partial charge is 0.330 e. The summed E-state index contributed by atoms with van der Waals surface area (Å²) < 4.78 is 23.8. The van der Waals surface area contributed by atoms with Crippen molar-refractivity contribution in [3.05, 3.63) is 60.3 Å². The number of ether oxygens (including phenoxy) is 4. The highest BCUT2D eigenvalue weighted by atomic mass is 16.6. The number of hydrogen-bond donors (Lipinski definition) is 0. The maximum Gasteiger partial charge on any atom is 0.330 e. The summed E-state index contributed by atoms with van der Waals surface area (Å²) in [7, 11) is 1.37. The van der Waals surface area contributed by atoms with Crippen LogP contribution in [0, 0.1) is 11.8 Å². The van der Waals surface area contributed by atoms with Gasteiger partial charge in [0.15, 0.2) is 0 Å². The molecule has 0 radical (unpaired) electrons. The van der Waals surface area contributed by atoms with Gasteiger partial charge in [-0.3, -0.25) is 9.59 Å². The molecule has 242 valence electrons. The number of carbonyl (C=O) groups is 3. The Kier molecular flexibility index (Phi) is 13.5. The van der Waals surface area contributed by atoms with Crippen LogP contribution in [0.2, 0.25) is 0 Å². The number of methoxy groups -OCH3 is 1. The lowest BCUT2D eigenvalue weighted by Gasteiger charge is -2.37. The summed E-state index contributed by atoms with van der Waals surface area (Å²) in [5.74, 6) is -0.262. The number of allylic oxidation sites excluding steroid dienone is 5. The summed E-state index contributed by atoms with van der Waals surface area (Å²) in [6.45, 7) is 5.99. The van der Waals surface area contributed by atoms with Gasteiger partial charge in [0, 0.05) is 37.9 Å². The fraction of sp³-hybridized carbons (Fsp3) is 0.639. The fourth-order valence-corrected chi connectivity index (χ4v) is 6.58. The van der Waals surface area contributed by atoms with Gasteiger partial charge in [-0.15, -0.1) is 0 Å². The van der Waals surface area contributed by atoms with E-state index in [1.54, 1.807) is 6.08 Å². The van der Waals surface area contributed by atoms with Crippen molar-refractivity contribution in [1.82, 2.24) is 4.90 Å². The highest BCUT2D eigenvalue weighted by Crippen LogP contribution is 2.33.